The first-order valence-electron chi connectivity index (χ1n) is 9.58. The van der Waals surface area contributed by atoms with Gasteiger partial charge >= 0.3 is 6.09 Å². The second-order valence-electron chi connectivity index (χ2n) is 6.92. The monoisotopic (exact) mass is 369 g/mol. The minimum absolute atomic E-state index is 0.0373. The Bertz CT molecular complexity index is 936. The molecule has 0 aliphatic carbocycles. The second-order valence-corrected chi connectivity index (χ2v) is 6.92. The Kier molecular flexibility index (Phi) is 5.53. The van der Waals surface area contributed by atoms with Crippen molar-refractivity contribution in [1.82, 2.24) is 4.90 Å². The van der Waals surface area contributed by atoms with E-state index in [9.17, 15) is 4.79 Å². The SMILES string of the molecule is O=C(OCc1ccccc1)N1CC=C(c2ccccc2)CC1c1ccccc1. The van der Waals surface area contributed by atoms with E-state index in [1.165, 1.54) is 11.1 Å². The highest BCUT2D eigenvalue weighted by molar-refractivity contribution is 5.73. The number of carbonyl (C=O) groups is 1. The fraction of sp³-hybridized carbons (Fsp3) is 0.160. The summed E-state index contributed by atoms with van der Waals surface area (Å²) in [4.78, 5) is 14.7. The standard InChI is InChI=1S/C25H23NO2/c27-25(28-19-20-10-4-1-5-11-20)26-17-16-23(21-12-6-2-7-13-21)18-24(26)22-14-8-3-9-15-22/h1-16,24H,17-19H2. The molecule has 1 atom stereocenters. The molecule has 0 spiro atoms. The van der Waals surface area contributed by atoms with E-state index in [0.29, 0.717) is 6.54 Å². The van der Waals surface area contributed by atoms with Gasteiger partial charge in [-0.2, -0.15) is 0 Å². The lowest BCUT2D eigenvalue weighted by molar-refractivity contribution is 0.0839. The molecule has 3 aromatic rings. The van der Waals surface area contributed by atoms with Crippen molar-refractivity contribution in [2.24, 2.45) is 0 Å². The molecule has 1 aliphatic rings. The van der Waals surface area contributed by atoms with E-state index >= 15 is 0 Å². The van der Waals surface area contributed by atoms with Crippen LogP contribution in [0.4, 0.5) is 4.79 Å². The van der Waals surface area contributed by atoms with Gasteiger partial charge in [-0.1, -0.05) is 97.1 Å². The summed E-state index contributed by atoms with van der Waals surface area (Å²) < 4.78 is 5.62. The number of nitrogens with zero attached hydrogens (tertiary/aromatic N) is 1. The smallest absolute Gasteiger partial charge is 0.410 e. The van der Waals surface area contributed by atoms with Crippen LogP contribution in [0.1, 0.15) is 29.2 Å². The third-order valence-corrected chi connectivity index (χ3v) is 5.09. The van der Waals surface area contributed by atoms with Crippen molar-refractivity contribution in [3.05, 3.63) is 114 Å². The summed E-state index contributed by atoms with van der Waals surface area (Å²) in [5, 5.41) is 0. The van der Waals surface area contributed by atoms with Gasteiger partial charge in [-0.15, -0.1) is 0 Å². The molecule has 1 amide bonds. The van der Waals surface area contributed by atoms with Gasteiger partial charge in [0.2, 0.25) is 0 Å². The molecule has 1 aliphatic heterocycles. The summed E-state index contributed by atoms with van der Waals surface area (Å²) in [6, 6.07) is 30.3. The predicted molar refractivity (Wildman–Crippen MR) is 112 cm³/mol. The highest BCUT2D eigenvalue weighted by Gasteiger charge is 2.30. The highest BCUT2D eigenvalue weighted by atomic mass is 16.6. The van der Waals surface area contributed by atoms with Crippen molar-refractivity contribution in [3.8, 4) is 0 Å². The molecule has 4 rings (SSSR count). The maximum atomic E-state index is 12.9. The number of carbonyl (C=O) groups excluding carboxylic acids is 1. The molecule has 0 saturated carbocycles. The summed E-state index contributed by atoms with van der Waals surface area (Å²) in [7, 11) is 0. The fourth-order valence-electron chi connectivity index (χ4n) is 3.60. The lowest BCUT2D eigenvalue weighted by atomic mass is 9.90. The zero-order valence-electron chi connectivity index (χ0n) is 15.7. The van der Waals surface area contributed by atoms with Crippen LogP contribution in [0.5, 0.6) is 0 Å². The van der Waals surface area contributed by atoms with Crippen LogP contribution >= 0.6 is 0 Å². The first-order valence-corrected chi connectivity index (χ1v) is 9.58. The quantitative estimate of drug-likeness (QED) is 0.577. The molecule has 3 aromatic carbocycles. The molecule has 3 nitrogen and oxygen atoms in total. The molecule has 0 saturated heterocycles. The van der Waals surface area contributed by atoms with Crippen molar-refractivity contribution >= 4 is 11.7 Å². The molecule has 0 fully saturated rings. The number of amides is 1. The van der Waals surface area contributed by atoms with Gasteiger partial charge in [0.05, 0.1) is 6.04 Å². The van der Waals surface area contributed by atoms with Crippen LogP contribution in [0.25, 0.3) is 5.57 Å². The van der Waals surface area contributed by atoms with E-state index in [0.717, 1.165) is 17.5 Å². The Hall–Kier alpha value is -3.33. The van der Waals surface area contributed by atoms with E-state index in [1.807, 2.05) is 71.6 Å². The van der Waals surface area contributed by atoms with Gasteiger partial charge in [-0.3, -0.25) is 4.90 Å². The van der Waals surface area contributed by atoms with Crippen LogP contribution in [0.2, 0.25) is 0 Å². The average Bonchev–Trinajstić information content (AvgIpc) is 2.79. The number of hydrogen-bond acceptors (Lipinski definition) is 2. The van der Waals surface area contributed by atoms with Crippen LogP contribution < -0.4 is 0 Å². The molecular weight excluding hydrogens is 346 g/mol. The Labute approximate surface area is 165 Å². The van der Waals surface area contributed by atoms with Crippen LogP contribution in [-0.4, -0.2) is 17.5 Å². The number of rotatable bonds is 4. The zero-order chi connectivity index (χ0) is 19.2. The van der Waals surface area contributed by atoms with Gasteiger partial charge in [0.15, 0.2) is 0 Å². The van der Waals surface area contributed by atoms with Crippen molar-refractivity contribution in [2.75, 3.05) is 6.54 Å². The maximum Gasteiger partial charge on any atom is 0.410 e. The van der Waals surface area contributed by atoms with Crippen molar-refractivity contribution in [2.45, 2.75) is 19.1 Å². The van der Waals surface area contributed by atoms with E-state index in [-0.39, 0.29) is 18.7 Å². The van der Waals surface area contributed by atoms with Crippen molar-refractivity contribution in [1.29, 1.82) is 0 Å². The Balaban J connectivity index is 1.55. The Morgan fingerprint density at radius 1 is 0.857 bits per heavy atom. The molecule has 0 N–H and O–H groups in total. The molecule has 140 valence electrons. The highest BCUT2D eigenvalue weighted by Crippen LogP contribution is 2.36. The minimum atomic E-state index is -0.277. The van der Waals surface area contributed by atoms with Gasteiger partial charge < -0.3 is 4.74 Å². The van der Waals surface area contributed by atoms with E-state index in [1.54, 1.807) is 0 Å². The lowest BCUT2D eigenvalue weighted by Crippen LogP contribution is -2.38. The molecule has 28 heavy (non-hydrogen) atoms. The first kappa shape index (κ1) is 18.1. The van der Waals surface area contributed by atoms with E-state index < -0.39 is 0 Å². The topological polar surface area (TPSA) is 29.5 Å². The number of ether oxygens (including phenoxy) is 1. The summed E-state index contributed by atoms with van der Waals surface area (Å²) in [5.74, 6) is 0. The Morgan fingerprint density at radius 2 is 1.46 bits per heavy atom. The molecule has 0 aromatic heterocycles. The lowest BCUT2D eigenvalue weighted by Gasteiger charge is -2.35. The number of benzene rings is 3. The largest absolute Gasteiger partial charge is 0.445 e. The van der Waals surface area contributed by atoms with Gasteiger partial charge in [-0.25, -0.2) is 4.79 Å². The molecule has 1 heterocycles. The zero-order valence-corrected chi connectivity index (χ0v) is 15.7. The van der Waals surface area contributed by atoms with Crippen LogP contribution in [0.3, 0.4) is 0 Å². The van der Waals surface area contributed by atoms with E-state index in [4.69, 9.17) is 4.74 Å². The van der Waals surface area contributed by atoms with Crippen molar-refractivity contribution in [3.63, 3.8) is 0 Å². The summed E-state index contributed by atoms with van der Waals surface area (Å²) >= 11 is 0. The van der Waals surface area contributed by atoms with Gasteiger partial charge in [-0.05, 0) is 28.7 Å². The minimum Gasteiger partial charge on any atom is -0.445 e. The Morgan fingerprint density at radius 3 is 2.14 bits per heavy atom. The molecule has 1 unspecified atom stereocenters. The maximum absolute atomic E-state index is 12.9. The number of hydrogen-bond donors (Lipinski definition) is 0. The molecule has 0 radical (unpaired) electrons. The predicted octanol–water partition coefficient (Wildman–Crippen LogP) is 5.85. The fourth-order valence-corrected chi connectivity index (χ4v) is 3.60. The van der Waals surface area contributed by atoms with Crippen LogP contribution in [0.15, 0.2) is 97.1 Å². The molecule has 0 bridgehead atoms. The second kappa shape index (κ2) is 8.57. The summed E-state index contributed by atoms with van der Waals surface area (Å²) in [6.07, 6.45) is 2.63. The van der Waals surface area contributed by atoms with Crippen LogP contribution in [-0.2, 0) is 11.3 Å². The van der Waals surface area contributed by atoms with Gasteiger partial charge in [0.1, 0.15) is 6.61 Å². The van der Waals surface area contributed by atoms with Gasteiger partial charge in [0, 0.05) is 6.54 Å². The first-order chi connectivity index (χ1) is 13.8. The normalized spacial score (nSPS) is 16.4. The molecular formula is C25H23NO2. The van der Waals surface area contributed by atoms with Crippen molar-refractivity contribution < 1.29 is 9.53 Å². The van der Waals surface area contributed by atoms with Crippen LogP contribution in [0, 0.1) is 0 Å². The van der Waals surface area contributed by atoms with E-state index in [2.05, 4.69) is 30.3 Å². The third-order valence-electron chi connectivity index (χ3n) is 5.09. The van der Waals surface area contributed by atoms with Gasteiger partial charge in [0.25, 0.3) is 0 Å². The third kappa shape index (κ3) is 4.15. The molecule has 3 heteroatoms. The summed E-state index contributed by atoms with van der Waals surface area (Å²) in [5.41, 5.74) is 4.59. The average molecular weight is 369 g/mol. The summed E-state index contributed by atoms with van der Waals surface area (Å²) in [6.45, 7) is 0.824.